The molecule has 144 valence electrons. The van der Waals surface area contributed by atoms with Gasteiger partial charge in [0.05, 0.1) is 23.5 Å². The molecule has 1 N–H and O–H groups in total. The second-order valence-corrected chi connectivity index (χ2v) is 7.35. The number of hydrogen-bond donors (Lipinski definition) is 1. The molecule has 1 aliphatic rings. The molecular formula is C22H14BrFN2O3. The van der Waals surface area contributed by atoms with Gasteiger partial charge in [-0.2, -0.15) is 0 Å². The van der Waals surface area contributed by atoms with Gasteiger partial charge in [-0.1, -0.05) is 40.2 Å². The Labute approximate surface area is 174 Å². The maximum Gasteiger partial charge on any atom is 0.300 e. The van der Waals surface area contributed by atoms with Crippen molar-refractivity contribution in [2.45, 2.75) is 6.04 Å². The number of hydrogen-bond acceptors (Lipinski definition) is 4. The van der Waals surface area contributed by atoms with Gasteiger partial charge in [0, 0.05) is 16.2 Å². The van der Waals surface area contributed by atoms with Crippen molar-refractivity contribution < 1.29 is 19.1 Å². The van der Waals surface area contributed by atoms with Crippen LogP contribution < -0.4 is 4.90 Å². The number of carbonyl (C=O) groups excluding carboxylic acids is 2. The minimum absolute atomic E-state index is 0.0622. The molecule has 0 radical (unpaired) electrons. The van der Waals surface area contributed by atoms with Crippen LogP contribution in [-0.2, 0) is 9.59 Å². The molecule has 1 unspecified atom stereocenters. The van der Waals surface area contributed by atoms with E-state index in [4.69, 9.17) is 0 Å². The van der Waals surface area contributed by atoms with Crippen LogP contribution in [0.4, 0.5) is 10.1 Å². The summed E-state index contributed by atoms with van der Waals surface area (Å²) in [7, 11) is 0. The molecule has 2 aromatic carbocycles. The van der Waals surface area contributed by atoms with Crippen molar-refractivity contribution in [3.8, 4) is 0 Å². The monoisotopic (exact) mass is 452 g/mol. The number of aromatic nitrogens is 1. The number of halogens is 2. The van der Waals surface area contributed by atoms with Crippen LogP contribution in [0.3, 0.4) is 0 Å². The maximum absolute atomic E-state index is 13.5. The van der Waals surface area contributed by atoms with Gasteiger partial charge in [-0.15, -0.1) is 0 Å². The van der Waals surface area contributed by atoms with Gasteiger partial charge in [0.2, 0.25) is 0 Å². The lowest BCUT2D eigenvalue weighted by Crippen LogP contribution is -2.29. The second kappa shape index (κ2) is 7.60. The summed E-state index contributed by atoms with van der Waals surface area (Å²) >= 11 is 3.33. The normalized spacial score (nSPS) is 18.3. The number of benzene rings is 2. The van der Waals surface area contributed by atoms with Crippen molar-refractivity contribution >= 4 is 39.1 Å². The highest BCUT2D eigenvalue weighted by molar-refractivity contribution is 9.10. The van der Waals surface area contributed by atoms with E-state index in [0.717, 1.165) is 4.47 Å². The highest BCUT2D eigenvalue weighted by Crippen LogP contribution is 2.41. The largest absolute Gasteiger partial charge is 0.507 e. The van der Waals surface area contributed by atoms with E-state index in [1.54, 1.807) is 42.6 Å². The number of aliphatic hydroxyl groups is 1. The number of ketones is 1. The van der Waals surface area contributed by atoms with Gasteiger partial charge in [0.15, 0.2) is 0 Å². The molecule has 29 heavy (non-hydrogen) atoms. The van der Waals surface area contributed by atoms with E-state index in [0.29, 0.717) is 16.8 Å². The highest BCUT2D eigenvalue weighted by Gasteiger charge is 2.47. The van der Waals surface area contributed by atoms with Crippen molar-refractivity contribution in [3.05, 3.63) is 100 Å². The minimum atomic E-state index is -0.913. The summed E-state index contributed by atoms with van der Waals surface area (Å²) in [6.07, 6.45) is 3.01. The Morgan fingerprint density at radius 1 is 1.03 bits per heavy atom. The van der Waals surface area contributed by atoms with E-state index >= 15 is 0 Å². The zero-order valence-electron chi connectivity index (χ0n) is 14.9. The number of carbonyl (C=O) groups is 2. The topological polar surface area (TPSA) is 70.5 Å². The number of Topliss-reactive ketones (excluding diaryl/α,β-unsaturated/α-hetero) is 1. The number of amides is 1. The number of anilines is 1. The molecule has 0 bridgehead atoms. The Balaban J connectivity index is 1.94. The second-order valence-electron chi connectivity index (χ2n) is 6.44. The molecule has 0 saturated carbocycles. The lowest BCUT2D eigenvalue weighted by atomic mass is 9.95. The van der Waals surface area contributed by atoms with Crippen molar-refractivity contribution in [2.24, 2.45) is 0 Å². The summed E-state index contributed by atoms with van der Waals surface area (Å²) in [4.78, 5) is 31.1. The predicted molar refractivity (Wildman–Crippen MR) is 110 cm³/mol. The van der Waals surface area contributed by atoms with Crippen LogP contribution >= 0.6 is 15.9 Å². The van der Waals surface area contributed by atoms with E-state index in [9.17, 15) is 19.1 Å². The Kier molecular flexibility index (Phi) is 4.98. The smallest absolute Gasteiger partial charge is 0.300 e. The average molecular weight is 453 g/mol. The highest BCUT2D eigenvalue weighted by atomic mass is 79.9. The summed E-state index contributed by atoms with van der Waals surface area (Å²) < 4.78 is 14.3. The first kappa shape index (κ1) is 19.0. The van der Waals surface area contributed by atoms with E-state index in [-0.39, 0.29) is 11.3 Å². The summed E-state index contributed by atoms with van der Waals surface area (Å²) in [5.74, 6) is -2.34. The standard InChI is InChI=1S/C22H14BrFN2O3/c23-15-7-3-14(4-8-15)20(27)18-19(13-5-9-16(24)10-6-13)26(22(29)21(18)28)17-2-1-11-25-12-17/h1-12,19,27H/b20-18-. The number of aliphatic hydroxyl groups excluding tert-OH is 1. The molecule has 5 nitrogen and oxygen atoms in total. The summed E-state index contributed by atoms with van der Waals surface area (Å²) in [6, 6.07) is 14.6. The Hall–Kier alpha value is -3.32. The van der Waals surface area contributed by atoms with Crippen molar-refractivity contribution in [1.82, 2.24) is 4.98 Å². The molecule has 1 atom stereocenters. The number of nitrogens with zero attached hydrogens (tertiary/aromatic N) is 2. The number of rotatable bonds is 3. The molecule has 3 aromatic rings. The lowest BCUT2D eigenvalue weighted by Gasteiger charge is -2.25. The Morgan fingerprint density at radius 2 is 1.72 bits per heavy atom. The molecular weight excluding hydrogens is 439 g/mol. The Bertz CT molecular complexity index is 1110. The van der Waals surface area contributed by atoms with Gasteiger partial charge in [-0.25, -0.2) is 4.39 Å². The third-order valence-electron chi connectivity index (χ3n) is 4.67. The molecule has 0 aliphatic carbocycles. The van der Waals surface area contributed by atoms with Crippen LogP contribution in [0.1, 0.15) is 17.2 Å². The van der Waals surface area contributed by atoms with Crippen molar-refractivity contribution in [3.63, 3.8) is 0 Å². The third-order valence-corrected chi connectivity index (χ3v) is 5.20. The van der Waals surface area contributed by atoms with Crippen LogP contribution in [0, 0.1) is 5.82 Å². The van der Waals surface area contributed by atoms with Crippen LogP contribution in [0.25, 0.3) is 5.76 Å². The fourth-order valence-corrected chi connectivity index (χ4v) is 3.58. The molecule has 4 rings (SSSR count). The zero-order valence-corrected chi connectivity index (χ0v) is 16.5. The third kappa shape index (κ3) is 3.45. The molecule has 7 heteroatoms. The lowest BCUT2D eigenvalue weighted by molar-refractivity contribution is -0.132. The predicted octanol–water partition coefficient (Wildman–Crippen LogP) is 4.61. The van der Waals surface area contributed by atoms with Crippen molar-refractivity contribution in [2.75, 3.05) is 4.90 Å². The zero-order chi connectivity index (χ0) is 20.5. The van der Waals surface area contributed by atoms with Gasteiger partial charge in [0.25, 0.3) is 11.7 Å². The molecule has 1 fully saturated rings. The van der Waals surface area contributed by atoms with Crippen molar-refractivity contribution in [1.29, 1.82) is 0 Å². The van der Waals surface area contributed by atoms with Gasteiger partial charge < -0.3 is 5.11 Å². The van der Waals surface area contributed by atoms with E-state index in [2.05, 4.69) is 20.9 Å². The van der Waals surface area contributed by atoms with E-state index in [1.807, 2.05) is 0 Å². The average Bonchev–Trinajstić information content (AvgIpc) is 3.00. The minimum Gasteiger partial charge on any atom is -0.507 e. The molecule has 1 amide bonds. The fourth-order valence-electron chi connectivity index (χ4n) is 3.32. The molecule has 1 aromatic heterocycles. The van der Waals surface area contributed by atoms with Crippen LogP contribution in [-0.4, -0.2) is 21.8 Å². The molecule has 1 saturated heterocycles. The molecule has 0 spiro atoms. The summed E-state index contributed by atoms with van der Waals surface area (Å²) in [5.41, 5.74) is 1.23. The van der Waals surface area contributed by atoms with Gasteiger partial charge >= 0.3 is 0 Å². The van der Waals surface area contributed by atoms with Gasteiger partial charge in [0.1, 0.15) is 11.6 Å². The van der Waals surface area contributed by atoms with Crippen LogP contribution in [0.5, 0.6) is 0 Å². The quantitative estimate of drug-likeness (QED) is 0.357. The fraction of sp³-hybridized carbons (Fsp3) is 0.0455. The van der Waals surface area contributed by atoms with Crippen LogP contribution in [0.15, 0.2) is 83.1 Å². The van der Waals surface area contributed by atoms with Gasteiger partial charge in [-0.05, 0) is 42.0 Å². The van der Waals surface area contributed by atoms with E-state index in [1.165, 1.54) is 35.4 Å². The summed E-state index contributed by atoms with van der Waals surface area (Å²) in [6.45, 7) is 0. The Morgan fingerprint density at radius 3 is 2.34 bits per heavy atom. The SMILES string of the molecule is O=C1C(=O)N(c2cccnc2)C(c2ccc(F)cc2)/C1=C(/O)c1ccc(Br)cc1. The first-order valence-corrected chi connectivity index (χ1v) is 9.49. The van der Waals surface area contributed by atoms with Gasteiger partial charge in [-0.3, -0.25) is 19.5 Å². The van der Waals surface area contributed by atoms with Crippen LogP contribution in [0.2, 0.25) is 0 Å². The van der Waals surface area contributed by atoms with E-state index < -0.39 is 23.5 Å². The first-order chi connectivity index (χ1) is 14.0. The molecule has 1 aliphatic heterocycles. The number of pyridine rings is 1. The summed E-state index contributed by atoms with van der Waals surface area (Å²) in [5, 5.41) is 10.9. The molecule has 2 heterocycles. The maximum atomic E-state index is 13.5. The first-order valence-electron chi connectivity index (χ1n) is 8.70.